The lowest BCUT2D eigenvalue weighted by Gasteiger charge is -1.98. The summed E-state index contributed by atoms with van der Waals surface area (Å²) < 4.78 is 3.05. The van der Waals surface area contributed by atoms with Crippen LogP contribution in [0.2, 0.25) is 0 Å². The van der Waals surface area contributed by atoms with Crippen LogP contribution in [-0.2, 0) is 6.54 Å². The molecule has 0 aliphatic rings. The average molecular weight is 240 g/mol. The Bertz CT molecular complexity index is 422. The van der Waals surface area contributed by atoms with E-state index in [1.165, 1.54) is 0 Å². The minimum absolute atomic E-state index is 0.799. The van der Waals surface area contributed by atoms with E-state index in [-0.39, 0.29) is 0 Å². The summed E-state index contributed by atoms with van der Waals surface area (Å²) >= 11 is 3.46. The molecule has 2 rings (SSSR count). The number of nitrogens with zero attached hydrogens (tertiary/aromatic N) is 2. The van der Waals surface area contributed by atoms with E-state index in [2.05, 4.69) is 32.3 Å². The molecule has 2 heterocycles. The van der Waals surface area contributed by atoms with Crippen molar-refractivity contribution in [3.8, 4) is 0 Å². The van der Waals surface area contributed by atoms with Crippen LogP contribution in [0.3, 0.4) is 0 Å². The molecule has 2 aromatic heterocycles. The van der Waals surface area contributed by atoms with Crippen LogP contribution < -0.4 is 5.32 Å². The van der Waals surface area contributed by atoms with Crippen LogP contribution in [0, 0.1) is 0 Å². The van der Waals surface area contributed by atoms with Crippen molar-refractivity contribution in [2.45, 2.75) is 6.54 Å². The van der Waals surface area contributed by atoms with E-state index in [1.807, 2.05) is 29.9 Å². The molecule has 0 saturated heterocycles. The Balaban J connectivity index is 2.61. The number of halogens is 1. The molecule has 0 bridgehead atoms. The summed E-state index contributed by atoms with van der Waals surface area (Å²) in [6, 6.07) is 6.07. The molecular weight excluding hydrogens is 230 g/mol. The molecule has 13 heavy (non-hydrogen) atoms. The van der Waals surface area contributed by atoms with Crippen molar-refractivity contribution < 1.29 is 0 Å². The first-order valence-electron chi connectivity index (χ1n) is 4.08. The fraction of sp³-hybridized carbons (Fsp3) is 0.222. The first-order valence-corrected chi connectivity index (χ1v) is 4.87. The summed E-state index contributed by atoms with van der Waals surface area (Å²) in [5.41, 5.74) is 2.22. The van der Waals surface area contributed by atoms with Gasteiger partial charge in [0.05, 0.1) is 15.8 Å². The molecule has 1 N–H and O–H groups in total. The first kappa shape index (κ1) is 8.72. The number of fused-ring (bicyclic) bond motifs is 1. The lowest BCUT2D eigenvalue weighted by molar-refractivity contribution is 0.802. The molecule has 0 aliphatic carbocycles. The van der Waals surface area contributed by atoms with E-state index in [9.17, 15) is 0 Å². The fourth-order valence-corrected chi connectivity index (χ4v) is 1.78. The molecule has 2 aromatic rings. The summed E-state index contributed by atoms with van der Waals surface area (Å²) in [7, 11) is 1.92. The van der Waals surface area contributed by atoms with Crippen LogP contribution in [0.4, 0.5) is 0 Å². The number of pyridine rings is 1. The third-order valence-corrected chi connectivity index (χ3v) is 2.59. The average Bonchev–Trinajstić information content (AvgIpc) is 2.51. The summed E-state index contributed by atoms with van der Waals surface area (Å²) in [6.07, 6.45) is 1.83. The van der Waals surface area contributed by atoms with Gasteiger partial charge < -0.3 is 5.32 Å². The number of nitrogens with one attached hydrogen (secondary N) is 1. The summed E-state index contributed by atoms with van der Waals surface area (Å²) in [4.78, 5) is 4.32. The molecule has 4 heteroatoms. The van der Waals surface area contributed by atoms with Gasteiger partial charge in [0.15, 0.2) is 0 Å². The third-order valence-electron chi connectivity index (χ3n) is 1.95. The maximum Gasteiger partial charge on any atom is 0.100 e. The highest BCUT2D eigenvalue weighted by molar-refractivity contribution is 9.10. The van der Waals surface area contributed by atoms with Crippen LogP contribution >= 0.6 is 15.9 Å². The Morgan fingerprint density at radius 2 is 2.38 bits per heavy atom. The standard InChI is InChI=1S/C9H10BrN3/c1-11-5-7-8-3-2-4-9(10)13(8)6-12-7/h2-4,6,11H,5H2,1H3. The maximum atomic E-state index is 4.32. The van der Waals surface area contributed by atoms with Gasteiger partial charge >= 0.3 is 0 Å². The van der Waals surface area contributed by atoms with Crippen molar-refractivity contribution in [3.05, 3.63) is 34.8 Å². The Morgan fingerprint density at radius 1 is 1.54 bits per heavy atom. The van der Waals surface area contributed by atoms with Crippen LogP contribution in [0.25, 0.3) is 5.52 Å². The van der Waals surface area contributed by atoms with Crippen LogP contribution in [0.15, 0.2) is 29.1 Å². The van der Waals surface area contributed by atoms with Gasteiger partial charge in [-0.25, -0.2) is 4.98 Å². The fourth-order valence-electron chi connectivity index (χ4n) is 1.34. The lowest BCUT2D eigenvalue weighted by Crippen LogP contribution is -2.05. The molecule has 0 spiro atoms. The molecule has 0 saturated carbocycles. The highest BCUT2D eigenvalue weighted by Crippen LogP contribution is 2.15. The minimum atomic E-state index is 0.799. The highest BCUT2D eigenvalue weighted by Gasteiger charge is 2.03. The maximum absolute atomic E-state index is 4.32. The molecule has 0 aliphatic heterocycles. The van der Waals surface area contributed by atoms with Crippen molar-refractivity contribution in [3.63, 3.8) is 0 Å². The Morgan fingerprint density at radius 3 is 3.15 bits per heavy atom. The Kier molecular flexibility index (Phi) is 2.33. The Hall–Kier alpha value is -0.870. The van der Waals surface area contributed by atoms with Gasteiger partial charge in [-0.1, -0.05) is 6.07 Å². The van der Waals surface area contributed by atoms with E-state index < -0.39 is 0 Å². The molecule has 0 atom stereocenters. The zero-order chi connectivity index (χ0) is 9.26. The molecule has 0 radical (unpaired) electrons. The molecule has 3 nitrogen and oxygen atoms in total. The summed E-state index contributed by atoms with van der Waals surface area (Å²) in [5.74, 6) is 0. The second-order valence-electron chi connectivity index (χ2n) is 2.83. The van der Waals surface area contributed by atoms with Gasteiger partial charge in [-0.3, -0.25) is 4.40 Å². The number of rotatable bonds is 2. The van der Waals surface area contributed by atoms with E-state index in [1.54, 1.807) is 0 Å². The van der Waals surface area contributed by atoms with Gasteiger partial charge in [-0.15, -0.1) is 0 Å². The first-order chi connectivity index (χ1) is 6.33. The number of imidazole rings is 1. The number of hydrogen-bond donors (Lipinski definition) is 1. The van der Waals surface area contributed by atoms with E-state index >= 15 is 0 Å². The van der Waals surface area contributed by atoms with Gasteiger partial charge in [0.2, 0.25) is 0 Å². The van der Waals surface area contributed by atoms with Gasteiger partial charge in [0.25, 0.3) is 0 Å². The van der Waals surface area contributed by atoms with E-state index in [0.717, 1.165) is 22.4 Å². The van der Waals surface area contributed by atoms with Crippen molar-refractivity contribution in [2.75, 3.05) is 7.05 Å². The normalized spacial score (nSPS) is 10.9. The van der Waals surface area contributed by atoms with E-state index in [0.29, 0.717) is 0 Å². The predicted octanol–water partition coefficient (Wildman–Crippen LogP) is 1.82. The molecule has 68 valence electrons. The zero-order valence-corrected chi connectivity index (χ0v) is 8.87. The zero-order valence-electron chi connectivity index (χ0n) is 7.29. The molecule has 0 fully saturated rings. The van der Waals surface area contributed by atoms with Gasteiger partial charge in [0.1, 0.15) is 6.33 Å². The Labute approximate surface area is 84.9 Å². The minimum Gasteiger partial charge on any atom is -0.314 e. The molecule has 0 unspecified atom stereocenters. The highest BCUT2D eigenvalue weighted by atomic mass is 79.9. The topological polar surface area (TPSA) is 29.3 Å². The third kappa shape index (κ3) is 1.47. The van der Waals surface area contributed by atoms with Crippen molar-refractivity contribution in [1.82, 2.24) is 14.7 Å². The SMILES string of the molecule is CNCc1ncn2c(Br)cccc12. The van der Waals surface area contributed by atoms with Crippen molar-refractivity contribution >= 4 is 21.4 Å². The van der Waals surface area contributed by atoms with Crippen molar-refractivity contribution in [2.24, 2.45) is 0 Å². The number of aromatic nitrogens is 2. The monoisotopic (exact) mass is 239 g/mol. The van der Waals surface area contributed by atoms with Crippen LogP contribution in [0.1, 0.15) is 5.69 Å². The predicted molar refractivity (Wildman–Crippen MR) is 55.7 cm³/mol. The second kappa shape index (κ2) is 3.47. The lowest BCUT2D eigenvalue weighted by atomic mass is 10.3. The van der Waals surface area contributed by atoms with Gasteiger partial charge in [-0.2, -0.15) is 0 Å². The molecule has 0 aromatic carbocycles. The summed E-state index contributed by atoms with van der Waals surface area (Å²) in [6.45, 7) is 0.799. The quantitative estimate of drug-likeness (QED) is 0.811. The van der Waals surface area contributed by atoms with Gasteiger partial charge in [0, 0.05) is 6.54 Å². The van der Waals surface area contributed by atoms with Crippen LogP contribution in [-0.4, -0.2) is 16.4 Å². The van der Waals surface area contributed by atoms with Gasteiger partial charge in [-0.05, 0) is 35.1 Å². The summed E-state index contributed by atoms with van der Waals surface area (Å²) in [5, 5.41) is 3.09. The smallest absolute Gasteiger partial charge is 0.100 e. The number of hydrogen-bond acceptors (Lipinski definition) is 2. The molecular formula is C9H10BrN3. The second-order valence-corrected chi connectivity index (χ2v) is 3.64. The van der Waals surface area contributed by atoms with E-state index in [4.69, 9.17) is 0 Å². The largest absolute Gasteiger partial charge is 0.314 e. The molecule has 0 amide bonds. The van der Waals surface area contributed by atoms with Crippen LogP contribution in [0.5, 0.6) is 0 Å². The van der Waals surface area contributed by atoms with Crippen molar-refractivity contribution in [1.29, 1.82) is 0 Å².